The van der Waals surface area contributed by atoms with Gasteiger partial charge in [0.25, 0.3) is 0 Å². The molecule has 0 aliphatic rings. The monoisotopic (exact) mass is 292 g/mol. The summed E-state index contributed by atoms with van der Waals surface area (Å²) in [6, 6.07) is 7.16. The van der Waals surface area contributed by atoms with E-state index in [4.69, 9.17) is 11.6 Å². The van der Waals surface area contributed by atoms with Crippen molar-refractivity contribution in [3.63, 3.8) is 0 Å². The molecule has 0 unspecified atom stereocenters. The molecule has 5 nitrogen and oxygen atoms in total. The van der Waals surface area contributed by atoms with Crippen LogP contribution in [0.2, 0.25) is 5.02 Å². The van der Waals surface area contributed by atoms with E-state index in [1.807, 2.05) is 25.4 Å². The maximum absolute atomic E-state index is 11.9. The van der Waals surface area contributed by atoms with Crippen LogP contribution in [0.3, 0.4) is 0 Å². The average molecular weight is 293 g/mol. The summed E-state index contributed by atoms with van der Waals surface area (Å²) in [4.78, 5) is 16.2. The van der Waals surface area contributed by atoms with Gasteiger partial charge >= 0.3 is 0 Å². The Labute approximate surface area is 123 Å². The number of benzene rings is 1. The lowest BCUT2D eigenvalue weighted by atomic mass is 10.3. The summed E-state index contributed by atoms with van der Waals surface area (Å²) >= 11 is 5.99. The number of hydrogen-bond acceptors (Lipinski definition) is 3. The normalized spacial score (nSPS) is 10.5. The Morgan fingerprint density at radius 3 is 2.95 bits per heavy atom. The molecule has 1 aromatic carbocycles. The van der Waals surface area contributed by atoms with Gasteiger partial charge < -0.3 is 15.2 Å². The molecule has 0 bridgehead atoms. The quantitative estimate of drug-likeness (QED) is 0.855. The molecule has 0 saturated carbocycles. The van der Waals surface area contributed by atoms with Crippen molar-refractivity contribution >= 4 is 23.2 Å². The highest BCUT2D eigenvalue weighted by molar-refractivity contribution is 6.33. The van der Waals surface area contributed by atoms with Crippen LogP contribution in [-0.4, -0.2) is 29.1 Å². The van der Waals surface area contributed by atoms with Crippen molar-refractivity contribution in [1.82, 2.24) is 14.9 Å². The highest BCUT2D eigenvalue weighted by Gasteiger charge is 2.07. The second kappa shape index (κ2) is 7.07. The summed E-state index contributed by atoms with van der Waals surface area (Å²) in [6.45, 7) is 1.08. The smallest absolute Gasteiger partial charge is 0.244 e. The molecule has 1 aromatic heterocycles. The lowest BCUT2D eigenvalue weighted by Crippen LogP contribution is -2.18. The molecular weight excluding hydrogens is 276 g/mol. The van der Waals surface area contributed by atoms with E-state index < -0.39 is 0 Å². The van der Waals surface area contributed by atoms with Gasteiger partial charge in [0, 0.05) is 19.2 Å². The number of halogens is 1. The van der Waals surface area contributed by atoms with Gasteiger partial charge in [0.1, 0.15) is 6.54 Å². The first-order valence-corrected chi connectivity index (χ1v) is 6.76. The molecule has 1 heterocycles. The van der Waals surface area contributed by atoms with Gasteiger partial charge in [-0.05, 0) is 19.2 Å². The summed E-state index contributed by atoms with van der Waals surface area (Å²) in [5.74, 6) is -0.129. The molecule has 0 fully saturated rings. The SMILES string of the molecule is CNCCc1cn(CC(=O)Nc2ccccc2Cl)cn1. The number of aromatic nitrogens is 2. The van der Waals surface area contributed by atoms with Crippen molar-refractivity contribution in [2.45, 2.75) is 13.0 Å². The average Bonchev–Trinajstić information content (AvgIpc) is 2.86. The summed E-state index contributed by atoms with van der Waals surface area (Å²) in [5.41, 5.74) is 1.58. The Morgan fingerprint density at radius 1 is 1.40 bits per heavy atom. The Morgan fingerprint density at radius 2 is 2.20 bits per heavy atom. The number of para-hydroxylation sites is 1. The van der Waals surface area contributed by atoms with Crippen LogP contribution in [0, 0.1) is 0 Å². The molecule has 1 amide bonds. The van der Waals surface area contributed by atoms with E-state index in [2.05, 4.69) is 15.6 Å². The van der Waals surface area contributed by atoms with E-state index in [9.17, 15) is 4.79 Å². The summed E-state index contributed by atoms with van der Waals surface area (Å²) in [6.07, 6.45) is 4.39. The molecule has 6 heteroatoms. The number of nitrogens with zero attached hydrogens (tertiary/aromatic N) is 2. The van der Waals surface area contributed by atoms with Gasteiger partial charge in [-0.1, -0.05) is 23.7 Å². The van der Waals surface area contributed by atoms with Crippen molar-refractivity contribution in [2.24, 2.45) is 0 Å². The third-order valence-electron chi connectivity index (χ3n) is 2.79. The number of hydrogen-bond donors (Lipinski definition) is 2. The Kier molecular flexibility index (Phi) is 5.15. The first-order valence-electron chi connectivity index (χ1n) is 6.38. The molecule has 0 spiro atoms. The molecular formula is C14H17ClN4O. The molecule has 0 aliphatic carbocycles. The fourth-order valence-electron chi connectivity index (χ4n) is 1.79. The van der Waals surface area contributed by atoms with Gasteiger partial charge in [0.05, 0.1) is 22.7 Å². The molecule has 2 rings (SSSR count). The van der Waals surface area contributed by atoms with Gasteiger partial charge in [0.15, 0.2) is 0 Å². The predicted molar refractivity (Wildman–Crippen MR) is 79.9 cm³/mol. The lowest BCUT2D eigenvalue weighted by molar-refractivity contribution is -0.116. The fraction of sp³-hybridized carbons (Fsp3) is 0.286. The van der Waals surface area contributed by atoms with E-state index in [-0.39, 0.29) is 12.5 Å². The van der Waals surface area contributed by atoms with Crippen LogP contribution in [0.25, 0.3) is 0 Å². The highest BCUT2D eigenvalue weighted by atomic mass is 35.5. The molecule has 20 heavy (non-hydrogen) atoms. The third kappa shape index (κ3) is 4.08. The van der Waals surface area contributed by atoms with Gasteiger partial charge in [0.2, 0.25) is 5.91 Å². The van der Waals surface area contributed by atoms with E-state index in [1.165, 1.54) is 0 Å². The summed E-state index contributed by atoms with van der Waals surface area (Å²) in [5, 5.41) is 6.37. The van der Waals surface area contributed by atoms with Gasteiger partial charge in [-0.15, -0.1) is 0 Å². The molecule has 0 aliphatic heterocycles. The number of carbonyl (C=O) groups excluding carboxylic acids is 1. The van der Waals surface area contributed by atoms with E-state index in [1.54, 1.807) is 23.0 Å². The van der Waals surface area contributed by atoms with Crippen LogP contribution in [0.1, 0.15) is 5.69 Å². The second-order valence-electron chi connectivity index (χ2n) is 4.42. The van der Waals surface area contributed by atoms with Crippen LogP contribution < -0.4 is 10.6 Å². The largest absolute Gasteiger partial charge is 0.328 e. The highest BCUT2D eigenvalue weighted by Crippen LogP contribution is 2.20. The van der Waals surface area contributed by atoms with Crippen molar-refractivity contribution in [1.29, 1.82) is 0 Å². The van der Waals surface area contributed by atoms with Crippen molar-refractivity contribution in [3.8, 4) is 0 Å². The van der Waals surface area contributed by atoms with Crippen LogP contribution in [-0.2, 0) is 17.8 Å². The molecule has 0 atom stereocenters. The van der Waals surface area contributed by atoms with Gasteiger partial charge in [-0.25, -0.2) is 4.98 Å². The number of imidazole rings is 1. The predicted octanol–water partition coefficient (Wildman–Crippen LogP) is 1.94. The minimum atomic E-state index is -0.129. The van der Waals surface area contributed by atoms with Crippen molar-refractivity contribution in [3.05, 3.63) is 47.5 Å². The minimum absolute atomic E-state index is 0.129. The van der Waals surface area contributed by atoms with Gasteiger partial charge in [-0.3, -0.25) is 4.79 Å². The standard InChI is InChI=1S/C14H17ClN4O/c1-16-7-6-11-8-19(10-17-11)9-14(20)18-13-5-3-2-4-12(13)15/h2-5,8,10,16H,6-7,9H2,1H3,(H,18,20). The molecule has 0 saturated heterocycles. The number of carbonyl (C=O) groups is 1. The summed E-state index contributed by atoms with van der Waals surface area (Å²) in [7, 11) is 1.90. The first-order chi connectivity index (χ1) is 9.69. The third-order valence-corrected chi connectivity index (χ3v) is 3.12. The van der Waals surface area contributed by atoms with E-state index in [0.29, 0.717) is 10.7 Å². The number of rotatable bonds is 6. The summed E-state index contributed by atoms with van der Waals surface area (Å²) < 4.78 is 1.76. The maximum atomic E-state index is 11.9. The zero-order chi connectivity index (χ0) is 14.4. The second-order valence-corrected chi connectivity index (χ2v) is 4.83. The fourth-order valence-corrected chi connectivity index (χ4v) is 1.98. The van der Waals surface area contributed by atoms with Crippen LogP contribution in [0.15, 0.2) is 36.8 Å². The van der Waals surface area contributed by atoms with Crippen LogP contribution in [0.4, 0.5) is 5.69 Å². The van der Waals surface area contributed by atoms with Crippen molar-refractivity contribution in [2.75, 3.05) is 18.9 Å². The Hall–Kier alpha value is -1.85. The minimum Gasteiger partial charge on any atom is -0.328 e. The lowest BCUT2D eigenvalue weighted by Gasteiger charge is -2.07. The number of likely N-dealkylation sites (N-methyl/N-ethyl adjacent to an activating group) is 1. The molecule has 0 radical (unpaired) electrons. The zero-order valence-electron chi connectivity index (χ0n) is 11.3. The number of nitrogens with one attached hydrogen (secondary N) is 2. The van der Waals surface area contributed by atoms with Crippen molar-refractivity contribution < 1.29 is 4.79 Å². The Balaban J connectivity index is 1.91. The van der Waals surface area contributed by atoms with Crippen LogP contribution in [0.5, 0.6) is 0 Å². The first kappa shape index (κ1) is 14.6. The molecule has 2 aromatic rings. The van der Waals surface area contributed by atoms with Gasteiger partial charge in [-0.2, -0.15) is 0 Å². The molecule has 106 valence electrons. The van der Waals surface area contributed by atoms with Crippen LogP contribution >= 0.6 is 11.6 Å². The van der Waals surface area contributed by atoms with E-state index in [0.717, 1.165) is 18.7 Å². The topological polar surface area (TPSA) is 59.0 Å². The molecule has 2 N–H and O–H groups in total. The van der Waals surface area contributed by atoms with E-state index >= 15 is 0 Å². The zero-order valence-corrected chi connectivity index (χ0v) is 12.0. The maximum Gasteiger partial charge on any atom is 0.244 e. The Bertz CT molecular complexity index is 582. The number of anilines is 1. The number of amides is 1.